The first-order valence-corrected chi connectivity index (χ1v) is 31.0. The molecule has 4 aromatic carbocycles. The van der Waals surface area contributed by atoms with E-state index in [2.05, 4.69) is 66.6 Å². The number of hydrogen-bond acceptors (Lipinski definition) is 13. The number of nitrogens with two attached hydrogens (primary N) is 1. The molecule has 12 rings (SSSR count). The number of benzene rings is 4. The van der Waals surface area contributed by atoms with Gasteiger partial charge in [0.2, 0.25) is 5.91 Å². The number of carbonyl (C=O) groups excluding carboxylic acids is 2. The number of nitriles is 1. The molecule has 414 valence electrons. The third kappa shape index (κ3) is 14.1. The molecule has 0 saturated carbocycles. The normalized spacial score (nSPS) is 16.6. The fourth-order valence-corrected chi connectivity index (χ4v) is 15.3. The monoisotopic (exact) mass is 1220 g/mol. The Labute approximate surface area is 502 Å². The predicted octanol–water partition coefficient (Wildman–Crippen LogP) is 14.3. The summed E-state index contributed by atoms with van der Waals surface area (Å²) in [4.78, 5) is 49.9. The Kier molecular flexibility index (Phi) is 20.8. The number of rotatable bonds is 11. The third-order valence-electron chi connectivity index (χ3n) is 14.7. The number of fused-ring (bicyclic) bond motifs is 4. The number of amides is 1. The van der Waals surface area contributed by atoms with Gasteiger partial charge in [-0.25, -0.2) is 4.79 Å². The number of carboxylic acids is 1. The van der Waals surface area contributed by atoms with Gasteiger partial charge in [0.05, 0.1) is 13.2 Å². The summed E-state index contributed by atoms with van der Waals surface area (Å²) < 4.78 is 5.01. The highest BCUT2D eigenvalue weighted by Crippen LogP contribution is 2.38. The van der Waals surface area contributed by atoms with E-state index in [1.807, 2.05) is 95.1 Å². The maximum absolute atomic E-state index is 12.3. The van der Waals surface area contributed by atoms with Crippen LogP contribution in [0, 0.1) is 11.3 Å². The Bertz CT molecular complexity index is 3350. The van der Waals surface area contributed by atoms with Crippen LogP contribution in [0.5, 0.6) is 0 Å². The average molecular weight is 1230 g/mol. The summed E-state index contributed by atoms with van der Waals surface area (Å²) in [5.41, 5.74) is 14.1. The zero-order chi connectivity index (χ0) is 56.3. The molecule has 19 heteroatoms. The van der Waals surface area contributed by atoms with Crippen molar-refractivity contribution in [3.05, 3.63) is 227 Å². The third-order valence-corrected chi connectivity index (χ3v) is 20.1. The Balaban J connectivity index is 0.000000129. The van der Waals surface area contributed by atoms with Crippen LogP contribution in [0.3, 0.4) is 0 Å². The largest absolute Gasteiger partial charge is 0.480 e. The van der Waals surface area contributed by atoms with Gasteiger partial charge in [-0.2, -0.15) is 5.26 Å². The van der Waals surface area contributed by atoms with Gasteiger partial charge in [-0.3, -0.25) is 29.2 Å². The number of methoxy groups -OCH3 is 1. The summed E-state index contributed by atoms with van der Waals surface area (Å²) in [6.45, 7) is 6.33. The molecule has 4 atom stereocenters. The summed E-state index contributed by atoms with van der Waals surface area (Å²) in [5, 5.41) is 29.9. The van der Waals surface area contributed by atoms with E-state index in [-0.39, 0.29) is 17.9 Å². The highest BCUT2D eigenvalue weighted by molar-refractivity contribution is 7.11. The van der Waals surface area contributed by atoms with E-state index in [0.29, 0.717) is 32.2 Å². The van der Waals surface area contributed by atoms with Crippen LogP contribution < -0.4 is 5.73 Å². The van der Waals surface area contributed by atoms with Crippen molar-refractivity contribution in [3.63, 3.8) is 0 Å². The van der Waals surface area contributed by atoms with Gasteiger partial charge < -0.3 is 15.6 Å². The fraction of sp³-hybridized carbons (Fsp3) is 0.279. The van der Waals surface area contributed by atoms with Crippen molar-refractivity contribution in [2.75, 3.05) is 33.3 Å². The highest BCUT2D eigenvalue weighted by Gasteiger charge is 2.35. The van der Waals surface area contributed by atoms with Crippen LogP contribution >= 0.6 is 91.8 Å². The Morgan fingerprint density at radius 2 is 0.863 bits per heavy atom. The number of primary amides is 1. The number of nitrogens with zero attached hydrogens (tertiary/aromatic N) is 5. The van der Waals surface area contributed by atoms with Gasteiger partial charge in [-0.05, 0) is 135 Å². The molecule has 0 radical (unpaired) electrons. The van der Waals surface area contributed by atoms with Gasteiger partial charge >= 0.3 is 11.9 Å². The summed E-state index contributed by atoms with van der Waals surface area (Å²) in [7, 11) is 1.42. The SMILES string of the molecule is COC(=O)C(c1ccccc1Cl)N1CCc2ccsc2C1.N#CC(c1ccccc1Cl)N1CCc2sccc2C1.NC(=O)[C@H](c1ccccc1Cl)N1CCc2sccc2C1.O=C(O)[C@H](c1ccccc1Cl)N1CCc2sccc2C1. The van der Waals surface area contributed by atoms with Crippen LogP contribution in [0.2, 0.25) is 20.1 Å². The van der Waals surface area contributed by atoms with Crippen molar-refractivity contribution >= 4 is 110 Å². The van der Waals surface area contributed by atoms with Crippen LogP contribution in [0.15, 0.2) is 143 Å². The van der Waals surface area contributed by atoms with Gasteiger partial charge in [0.1, 0.15) is 24.2 Å². The zero-order valence-corrected chi connectivity index (χ0v) is 50.0. The molecule has 3 N–H and O–H groups in total. The zero-order valence-electron chi connectivity index (χ0n) is 43.7. The maximum atomic E-state index is 12.3. The van der Waals surface area contributed by atoms with E-state index in [1.54, 1.807) is 52.2 Å². The first-order chi connectivity index (χ1) is 38.8. The molecule has 80 heavy (non-hydrogen) atoms. The van der Waals surface area contributed by atoms with Crippen molar-refractivity contribution in [2.45, 2.75) is 76.0 Å². The number of aliphatic carboxylic acids is 1. The van der Waals surface area contributed by atoms with Crippen molar-refractivity contribution in [1.82, 2.24) is 19.6 Å². The molecule has 0 fully saturated rings. The highest BCUT2D eigenvalue weighted by atomic mass is 35.5. The van der Waals surface area contributed by atoms with E-state index in [4.69, 9.17) is 56.9 Å². The minimum atomic E-state index is -0.850. The molecule has 4 aliphatic rings. The molecule has 0 spiro atoms. The van der Waals surface area contributed by atoms with Gasteiger partial charge in [0.25, 0.3) is 0 Å². The van der Waals surface area contributed by atoms with Gasteiger partial charge in [-0.15, -0.1) is 45.3 Å². The Morgan fingerprint density at radius 3 is 1.30 bits per heavy atom. The molecule has 0 aliphatic carbocycles. The predicted molar refractivity (Wildman–Crippen MR) is 325 cm³/mol. The molecule has 4 aromatic heterocycles. The molecule has 0 bridgehead atoms. The lowest BCUT2D eigenvalue weighted by Gasteiger charge is -2.33. The topological polar surface area (TPSA) is 143 Å². The van der Waals surface area contributed by atoms with Gasteiger partial charge in [0, 0.05) is 97.5 Å². The second kappa shape index (κ2) is 28.0. The number of thiophene rings is 4. The van der Waals surface area contributed by atoms with Crippen LogP contribution in [-0.4, -0.2) is 75.8 Å². The molecule has 2 unspecified atom stereocenters. The number of carboxylic acid groups (broad SMARTS) is 1. The molecule has 0 saturated heterocycles. The van der Waals surface area contributed by atoms with Gasteiger partial charge in [-0.1, -0.05) is 119 Å². The standard InChI is InChI=1S/C16H16ClNO2S.C15H15ClN2OS.C15H13ClN2S.C15H14ClNO2S/c1-20-16(19)15(12-4-2-3-5-13(12)17)18-8-6-11-7-9-21-14(11)10-18;16-12-4-2-1-3-11(12)14(15(17)19)18-7-5-13-10(9-18)6-8-20-13;16-13-4-2-1-3-12(13)14(9-17)18-7-5-15-11(10-18)6-8-19-15;16-12-4-2-1-3-11(12)14(15(18)19)17-7-5-13-10(9-17)6-8-20-13/h2-5,7,9,15H,6,8,10H2,1H3;1-4,6,8,14H,5,7,9H2,(H2,17,19);1-4,6,8,14H,5,7,10H2;1-4,6,8,14H,5,7,9H2,(H,18,19)/t;14-;;14-/m.0.0/s1. The van der Waals surface area contributed by atoms with Crippen LogP contribution in [-0.2, 0) is 71.0 Å². The minimum Gasteiger partial charge on any atom is -0.480 e. The molecular weight excluding hydrogens is 1170 g/mol. The number of hydrogen-bond donors (Lipinski definition) is 2. The number of carbonyl (C=O) groups is 3. The number of ether oxygens (including phenoxy) is 1. The molecular formula is C61H58Cl4N6O5S4. The van der Waals surface area contributed by atoms with E-state index >= 15 is 0 Å². The first kappa shape index (κ1) is 59.2. The fourth-order valence-electron chi connectivity index (χ4n) is 10.7. The van der Waals surface area contributed by atoms with Crippen LogP contribution in [0.25, 0.3) is 0 Å². The summed E-state index contributed by atoms with van der Waals surface area (Å²) in [6.07, 6.45) is 3.84. The maximum Gasteiger partial charge on any atom is 0.327 e. The molecule has 8 aromatic rings. The van der Waals surface area contributed by atoms with Gasteiger partial charge in [0.15, 0.2) is 0 Å². The van der Waals surface area contributed by atoms with Crippen LogP contribution in [0.4, 0.5) is 0 Å². The second-order valence-corrected chi connectivity index (χ2v) is 25.1. The minimum absolute atomic E-state index is 0.261. The van der Waals surface area contributed by atoms with Crippen molar-refractivity contribution in [2.24, 2.45) is 5.73 Å². The van der Waals surface area contributed by atoms with E-state index in [1.165, 1.54) is 48.9 Å². The molecule has 8 heterocycles. The molecule has 11 nitrogen and oxygen atoms in total. The quantitative estimate of drug-likeness (QED) is 0.120. The number of halogens is 4. The molecule has 4 aliphatic heterocycles. The lowest BCUT2D eigenvalue weighted by Crippen LogP contribution is -2.40. The second-order valence-electron chi connectivity index (χ2n) is 19.4. The first-order valence-electron chi connectivity index (χ1n) is 26.0. The van der Waals surface area contributed by atoms with E-state index < -0.39 is 24.1 Å². The summed E-state index contributed by atoms with van der Waals surface area (Å²) in [6, 6.07) is 38.8. The summed E-state index contributed by atoms with van der Waals surface area (Å²) >= 11 is 32.0. The van der Waals surface area contributed by atoms with Crippen molar-refractivity contribution in [3.8, 4) is 6.07 Å². The Hall–Kier alpha value is -5.42. The Morgan fingerprint density at radius 1 is 0.500 bits per heavy atom. The lowest BCUT2D eigenvalue weighted by molar-refractivity contribution is -0.148. The lowest BCUT2D eigenvalue weighted by atomic mass is 10.0. The van der Waals surface area contributed by atoms with Crippen LogP contribution in [0.1, 0.15) is 88.2 Å². The van der Waals surface area contributed by atoms with Crippen molar-refractivity contribution in [1.29, 1.82) is 5.26 Å². The molecule has 1 amide bonds. The van der Waals surface area contributed by atoms with E-state index in [0.717, 1.165) is 88.2 Å². The number of esters is 1. The summed E-state index contributed by atoms with van der Waals surface area (Å²) in [5.74, 6) is -1.46. The van der Waals surface area contributed by atoms with Crippen molar-refractivity contribution < 1.29 is 24.2 Å². The van der Waals surface area contributed by atoms with E-state index in [9.17, 15) is 24.8 Å². The average Bonchev–Trinajstić information content (AvgIpc) is 4.32. The smallest absolute Gasteiger partial charge is 0.327 e.